The number of benzene rings is 1. The van der Waals surface area contributed by atoms with Crippen LogP contribution in [-0.2, 0) is 0 Å². The molecule has 0 fully saturated rings. The lowest BCUT2D eigenvalue weighted by atomic mass is 10.2. The molecule has 0 spiro atoms. The van der Waals surface area contributed by atoms with Gasteiger partial charge in [-0.15, -0.1) is 0 Å². The molecule has 0 aliphatic carbocycles. The standard InChI is InChI=1S/C8H9N3O2/c9-6-3-1-2-5(4-6)7(10)11-8(12)13/h1-4H,9H2,(H2,10,11)(H,12,13). The van der Waals surface area contributed by atoms with Gasteiger partial charge in [-0.05, 0) is 12.1 Å². The number of carbonyl (C=O) groups is 1. The van der Waals surface area contributed by atoms with E-state index in [1.54, 1.807) is 24.3 Å². The third-order valence-electron chi connectivity index (χ3n) is 1.40. The Balaban J connectivity index is 3.02. The highest BCUT2D eigenvalue weighted by Gasteiger charge is 2.00. The number of nitrogen functional groups attached to an aromatic ring is 1. The van der Waals surface area contributed by atoms with E-state index >= 15 is 0 Å². The van der Waals surface area contributed by atoms with Crippen LogP contribution in [0.1, 0.15) is 5.56 Å². The van der Waals surface area contributed by atoms with Gasteiger partial charge in [0, 0.05) is 11.3 Å². The summed E-state index contributed by atoms with van der Waals surface area (Å²) < 4.78 is 0. The highest BCUT2D eigenvalue weighted by atomic mass is 16.4. The largest absolute Gasteiger partial charge is 0.463 e. The van der Waals surface area contributed by atoms with Gasteiger partial charge >= 0.3 is 6.09 Å². The Morgan fingerprint density at radius 1 is 1.46 bits per heavy atom. The highest BCUT2D eigenvalue weighted by molar-refractivity contribution is 6.02. The lowest BCUT2D eigenvalue weighted by molar-refractivity contribution is 0.205. The van der Waals surface area contributed by atoms with Crippen molar-refractivity contribution in [2.45, 2.75) is 0 Å². The molecule has 0 aliphatic heterocycles. The van der Waals surface area contributed by atoms with Crippen LogP contribution in [0.2, 0.25) is 0 Å². The summed E-state index contributed by atoms with van der Waals surface area (Å²) in [6, 6.07) is 6.55. The molecule has 0 radical (unpaired) electrons. The number of aliphatic imine (C=N–C) groups is 1. The van der Waals surface area contributed by atoms with E-state index in [1.807, 2.05) is 0 Å². The zero-order valence-corrected chi connectivity index (χ0v) is 6.77. The Morgan fingerprint density at radius 3 is 2.69 bits per heavy atom. The molecule has 0 aliphatic rings. The van der Waals surface area contributed by atoms with Gasteiger partial charge in [0.25, 0.3) is 0 Å². The van der Waals surface area contributed by atoms with Crippen molar-refractivity contribution in [3.05, 3.63) is 29.8 Å². The van der Waals surface area contributed by atoms with Crippen LogP contribution in [-0.4, -0.2) is 17.0 Å². The summed E-state index contributed by atoms with van der Waals surface area (Å²) in [5, 5.41) is 8.32. The van der Waals surface area contributed by atoms with Gasteiger partial charge in [-0.25, -0.2) is 4.79 Å². The molecule has 0 unspecified atom stereocenters. The summed E-state index contributed by atoms with van der Waals surface area (Å²) in [5.74, 6) is -0.0557. The Kier molecular flexibility index (Phi) is 2.49. The maximum Gasteiger partial charge on any atom is 0.433 e. The molecule has 68 valence electrons. The highest BCUT2D eigenvalue weighted by Crippen LogP contribution is 2.05. The van der Waals surface area contributed by atoms with E-state index in [4.69, 9.17) is 16.6 Å². The van der Waals surface area contributed by atoms with Crippen LogP contribution in [0.5, 0.6) is 0 Å². The number of amidine groups is 1. The first-order chi connectivity index (χ1) is 6.09. The average molecular weight is 179 g/mol. The van der Waals surface area contributed by atoms with Gasteiger partial charge in [0.2, 0.25) is 0 Å². The van der Waals surface area contributed by atoms with Gasteiger partial charge in [0.1, 0.15) is 5.84 Å². The zero-order chi connectivity index (χ0) is 9.84. The quantitative estimate of drug-likeness (QED) is 0.334. The molecule has 0 saturated carbocycles. The van der Waals surface area contributed by atoms with E-state index in [0.717, 1.165) is 0 Å². The lowest BCUT2D eigenvalue weighted by Crippen LogP contribution is -2.15. The molecule has 0 heterocycles. The van der Waals surface area contributed by atoms with Crippen molar-refractivity contribution in [1.29, 1.82) is 0 Å². The van der Waals surface area contributed by atoms with Crippen molar-refractivity contribution < 1.29 is 9.90 Å². The second-order valence-corrected chi connectivity index (χ2v) is 2.41. The van der Waals surface area contributed by atoms with Crippen LogP contribution in [0.3, 0.4) is 0 Å². The molecule has 0 atom stereocenters. The molecule has 5 heteroatoms. The molecule has 0 bridgehead atoms. The molecule has 5 nitrogen and oxygen atoms in total. The fourth-order valence-corrected chi connectivity index (χ4v) is 0.866. The normalized spacial score (nSPS) is 11.2. The molecule has 0 aromatic heterocycles. The Morgan fingerprint density at radius 2 is 2.15 bits per heavy atom. The van der Waals surface area contributed by atoms with Crippen molar-refractivity contribution in [1.82, 2.24) is 0 Å². The van der Waals surface area contributed by atoms with Gasteiger partial charge in [-0.1, -0.05) is 12.1 Å². The minimum atomic E-state index is -1.32. The number of hydrogen-bond donors (Lipinski definition) is 3. The van der Waals surface area contributed by atoms with Crippen LogP contribution in [0.4, 0.5) is 10.5 Å². The third kappa shape index (κ3) is 2.48. The van der Waals surface area contributed by atoms with E-state index in [9.17, 15) is 4.79 Å². The Hall–Kier alpha value is -2.04. The predicted molar refractivity (Wildman–Crippen MR) is 49.6 cm³/mol. The summed E-state index contributed by atoms with van der Waals surface area (Å²) in [6.07, 6.45) is -1.32. The molecule has 1 rings (SSSR count). The summed E-state index contributed by atoms with van der Waals surface area (Å²) in [6.45, 7) is 0. The summed E-state index contributed by atoms with van der Waals surface area (Å²) >= 11 is 0. The van der Waals surface area contributed by atoms with E-state index in [0.29, 0.717) is 11.3 Å². The van der Waals surface area contributed by atoms with Crippen LogP contribution < -0.4 is 11.5 Å². The molecular weight excluding hydrogens is 170 g/mol. The van der Waals surface area contributed by atoms with E-state index in [2.05, 4.69) is 4.99 Å². The number of amides is 1. The van der Waals surface area contributed by atoms with Crippen molar-refractivity contribution in [2.24, 2.45) is 10.7 Å². The summed E-state index contributed by atoms with van der Waals surface area (Å²) in [7, 11) is 0. The smallest absolute Gasteiger partial charge is 0.433 e. The molecule has 0 saturated heterocycles. The number of nitrogens with two attached hydrogens (primary N) is 2. The van der Waals surface area contributed by atoms with Crippen molar-refractivity contribution in [2.75, 3.05) is 5.73 Å². The first kappa shape index (κ1) is 9.05. The fourth-order valence-electron chi connectivity index (χ4n) is 0.866. The molecule has 1 amide bonds. The van der Waals surface area contributed by atoms with Gasteiger partial charge in [0.15, 0.2) is 0 Å². The first-order valence-corrected chi connectivity index (χ1v) is 3.52. The molecule has 1 aromatic carbocycles. The van der Waals surface area contributed by atoms with Crippen LogP contribution in [0.25, 0.3) is 0 Å². The van der Waals surface area contributed by atoms with E-state index < -0.39 is 6.09 Å². The summed E-state index contributed by atoms with van der Waals surface area (Å²) in [5.41, 5.74) is 11.9. The third-order valence-corrected chi connectivity index (χ3v) is 1.40. The molecule has 5 N–H and O–H groups in total. The SMILES string of the molecule is N/C(=N\C(=O)O)c1cccc(N)c1. The summed E-state index contributed by atoms with van der Waals surface area (Å²) in [4.78, 5) is 13.3. The Bertz CT molecular complexity index is 360. The molecule has 1 aromatic rings. The minimum absolute atomic E-state index is 0.0557. The first-order valence-electron chi connectivity index (χ1n) is 3.52. The molecular formula is C8H9N3O2. The van der Waals surface area contributed by atoms with Gasteiger partial charge < -0.3 is 16.6 Å². The molecule has 13 heavy (non-hydrogen) atoms. The van der Waals surface area contributed by atoms with Crippen LogP contribution in [0.15, 0.2) is 29.3 Å². The topological polar surface area (TPSA) is 102 Å². The van der Waals surface area contributed by atoms with Crippen LogP contribution >= 0.6 is 0 Å². The van der Waals surface area contributed by atoms with Crippen molar-refractivity contribution in [3.8, 4) is 0 Å². The zero-order valence-electron chi connectivity index (χ0n) is 6.77. The minimum Gasteiger partial charge on any atom is -0.463 e. The van der Waals surface area contributed by atoms with Gasteiger partial charge in [-0.2, -0.15) is 4.99 Å². The number of hydrogen-bond acceptors (Lipinski definition) is 2. The number of rotatable bonds is 1. The monoisotopic (exact) mass is 179 g/mol. The van der Waals surface area contributed by atoms with Crippen molar-refractivity contribution in [3.63, 3.8) is 0 Å². The average Bonchev–Trinajstić information content (AvgIpc) is 2.03. The van der Waals surface area contributed by atoms with Gasteiger partial charge in [-0.3, -0.25) is 0 Å². The lowest BCUT2D eigenvalue weighted by Gasteiger charge is -1.99. The number of carboxylic acid groups (broad SMARTS) is 1. The second-order valence-electron chi connectivity index (χ2n) is 2.41. The Labute approximate surface area is 74.7 Å². The number of anilines is 1. The van der Waals surface area contributed by atoms with Crippen LogP contribution in [0, 0.1) is 0 Å². The van der Waals surface area contributed by atoms with E-state index in [1.165, 1.54) is 0 Å². The van der Waals surface area contributed by atoms with Gasteiger partial charge in [0.05, 0.1) is 0 Å². The fraction of sp³-hybridized carbons (Fsp3) is 0. The number of nitrogens with zero attached hydrogens (tertiary/aromatic N) is 1. The second kappa shape index (κ2) is 3.57. The van der Waals surface area contributed by atoms with Crippen molar-refractivity contribution >= 4 is 17.6 Å². The predicted octanol–water partition coefficient (Wildman–Crippen LogP) is 0.652. The van der Waals surface area contributed by atoms with E-state index in [-0.39, 0.29) is 5.84 Å². The maximum absolute atomic E-state index is 10.2. The maximum atomic E-state index is 10.2.